The van der Waals surface area contributed by atoms with Crippen molar-refractivity contribution in [3.63, 3.8) is 0 Å². The van der Waals surface area contributed by atoms with Crippen LogP contribution in [0.2, 0.25) is 0 Å². The van der Waals surface area contributed by atoms with Gasteiger partial charge in [-0.1, -0.05) is 0 Å². The van der Waals surface area contributed by atoms with Gasteiger partial charge in [-0.05, 0) is 0 Å². The van der Waals surface area contributed by atoms with Gasteiger partial charge in [0.05, 0.1) is 7.11 Å². The van der Waals surface area contributed by atoms with E-state index in [0.717, 1.165) is 16.5 Å². The smallest absolute Gasteiger partial charge is 0.418 e. The predicted octanol–water partition coefficient (Wildman–Crippen LogP) is 0.806. The summed E-state index contributed by atoms with van der Waals surface area (Å²) in [6, 6.07) is 0. The molecule has 0 fully saturated rings. The van der Waals surface area contributed by atoms with Crippen LogP contribution in [0, 0.1) is 0 Å². The molecular weight excluding hydrogens is 130 g/mol. The summed E-state index contributed by atoms with van der Waals surface area (Å²) in [6.45, 7) is 0. The van der Waals surface area contributed by atoms with E-state index in [1.54, 1.807) is 0 Å². The molecule has 0 saturated heterocycles. The second-order valence-corrected chi connectivity index (χ2v) is 2.05. The molecule has 0 saturated carbocycles. The first kappa shape index (κ1) is 7.58. The van der Waals surface area contributed by atoms with Crippen LogP contribution in [0.25, 0.3) is 0 Å². The van der Waals surface area contributed by atoms with Crippen molar-refractivity contribution >= 4 is 18.3 Å². The lowest BCUT2D eigenvalue weighted by Crippen LogP contribution is -2.16. The highest BCUT2D eigenvalue weighted by Crippen LogP contribution is 2.04. The SMILES string of the molecule is COSN(C)C(=O)O. The average Bonchev–Trinajstić information content (AvgIpc) is 1.67. The van der Waals surface area contributed by atoms with Gasteiger partial charge in [-0.2, -0.15) is 0 Å². The molecular formula is C3H7NO3S. The minimum Gasteiger partial charge on any atom is -0.464 e. The van der Waals surface area contributed by atoms with Gasteiger partial charge >= 0.3 is 6.09 Å². The molecule has 0 radical (unpaired) electrons. The first-order valence-corrected chi connectivity index (χ1v) is 2.55. The Morgan fingerprint density at radius 3 is 2.50 bits per heavy atom. The second-order valence-electron chi connectivity index (χ2n) is 1.02. The molecule has 8 heavy (non-hydrogen) atoms. The van der Waals surface area contributed by atoms with E-state index in [9.17, 15) is 4.79 Å². The van der Waals surface area contributed by atoms with Crippen molar-refractivity contribution < 1.29 is 14.1 Å². The Morgan fingerprint density at radius 1 is 1.88 bits per heavy atom. The average molecular weight is 137 g/mol. The Bertz CT molecular complexity index is 86.6. The minimum absolute atomic E-state index is 0.773. The number of hydrogen-bond donors (Lipinski definition) is 1. The standard InChI is InChI=1S/C3H7NO3S/c1-4(3(5)6)8-7-2/h1-2H3,(H,5,6). The molecule has 0 aromatic heterocycles. The van der Waals surface area contributed by atoms with Crippen LogP contribution in [0.5, 0.6) is 0 Å². The van der Waals surface area contributed by atoms with Crippen LogP contribution in [0.15, 0.2) is 0 Å². The van der Waals surface area contributed by atoms with Crippen molar-refractivity contribution in [2.24, 2.45) is 0 Å². The number of nitrogens with zero attached hydrogens (tertiary/aromatic N) is 1. The third-order valence-electron chi connectivity index (χ3n) is 0.456. The lowest BCUT2D eigenvalue weighted by Gasteiger charge is -2.06. The first-order valence-electron chi connectivity index (χ1n) is 1.86. The molecule has 5 heteroatoms. The fourth-order valence-corrected chi connectivity index (χ4v) is 0.431. The van der Waals surface area contributed by atoms with Crippen molar-refractivity contribution in [3.05, 3.63) is 0 Å². The number of carboxylic acid groups (broad SMARTS) is 1. The van der Waals surface area contributed by atoms with Crippen LogP contribution >= 0.6 is 12.2 Å². The molecule has 0 aromatic rings. The molecule has 0 aliphatic heterocycles. The molecule has 0 spiro atoms. The first-order chi connectivity index (χ1) is 3.68. The second kappa shape index (κ2) is 3.57. The third-order valence-corrected chi connectivity index (χ3v) is 0.985. The molecule has 1 N–H and O–H groups in total. The van der Waals surface area contributed by atoms with Crippen molar-refractivity contribution in [3.8, 4) is 0 Å². The quantitative estimate of drug-likeness (QED) is 0.452. The molecule has 0 aliphatic carbocycles. The fourth-order valence-electron chi connectivity index (χ4n) is 0.144. The van der Waals surface area contributed by atoms with Gasteiger partial charge in [0.1, 0.15) is 12.2 Å². The lowest BCUT2D eigenvalue weighted by molar-refractivity contribution is 0.179. The van der Waals surface area contributed by atoms with Gasteiger partial charge in [0.15, 0.2) is 0 Å². The molecule has 0 heterocycles. The maximum Gasteiger partial charge on any atom is 0.418 e. The molecule has 0 aromatic carbocycles. The van der Waals surface area contributed by atoms with Crippen LogP contribution in [0.1, 0.15) is 0 Å². The van der Waals surface area contributed by atoms with Crippen LogP contribution < -0.4 is 0 Å². The van der Waals surface area contributed by atoms with Crippen molar-refractivity contribution in [2.75, 3.05) is 14.2 Å². The number of amides is 1. The highest BCUT2D eigenvalue weighted by molar-refractivity contribution is 7.92. The summed E-state index contributed by atoms with van der Waals surface area (Å²) in [7, 11) is 2.81. The summed E-state index contributed by atoms with van der Waals surface area (Å²) in [6.07, 6.45) is -1.02. The summed E-state index contributed by atoms with van der Waals surface area (Å²) in [5.74, 6) is 0. The molecule has 0 unspecified atom stereocenters. The van der Waals surface area contributed by atoms with Gasteiger partial charge in [0.25, 0.3) is 0 Å². The minimum atomic E-state index is -1.02. The highest BCUT2D eigenvalue weighted by atomic mass is 32.2. The predicted molar refractivity (Wildman–Crippen MR) is 30.4 cm³/mol. The summed E-state index contributed by atoms with van der Waals surface area (Å²) in [5, 5.41) is 8.14. The van der Waals surface area contributed by atoms with E-state index in [1.165, 1.54) is 14.2 Å². The maximum absolute atomic E-state index is 9.91. The van der Waals surface area contributed by atoms with Gasteiger partial charge in [-0.3, -0.25) is 4.18 Å². The molecule has 48 valence electrons. The highest BCUT2D eigenvalue weighted by Gasteiger charge is 2.03. The molecule has 0 bridgehead atoms. The lowest BCUT2D eigenvalue weighted by atomic mass is 11.1. The van der Waals surface area contributed by atoms with E-state index >= 15 is 0 Å². The Balaban J connectivity index is 3.32. The maximum atomic E-state index is 9.91. The van der Waals surface area contributed by atoms with Gasteiger partial charge in [-0.15, -0.1) is 0 Å². The van der Waals surface area contributed by atoms with Gasteiger partial charge in [0.2, 0.25) is 0 Å². The molecule has 4 nitrogen and oxygen atoms in total. The Kier molecular flexibility index (Phi) is 3.38. The van der Waals surface area contributed by atoms with E-state index in [1.807, 2.05) is 0 Å². The number of hydrogen-bond acceptors (Lipinski definition) is 3. The van der Waals surface area contributed by atoms with Crippen molar-refractivity contribution in [1.82, 2.24) is 4.31 Å². The Morgan fingerprint density at radius 2 is 2.38 bits per heavy atom. The van der Waals surface area contributed by atoms with Crippen LogP contribution in [-0.2, 0) is 4.18 Å². The molecule has 1 amide bonds. The van der Waals surface area contributed by atoms with Crippen LogP contribution in [-0.4, -0.2) is 29.7 Å². The van der Waals surface area contributed by atoms with E-state index in [-0.39, 0.29) is 0 Å². The summed E-state index contributed by atoms with van der Waals surface area (Å²) >= 11 is 0.773. The van der Waals surface area contributed by atoms with Crippen molar-refractivity contribution in [2.45, 2.75) is 0 Å². The van der Waals surface area contributed by atoms with Crippen LogP contribution in [0.4, 0.5) is 4.79 Å². The van der Waals surface area contributed by atoms with E-state index in [4.69, 9.17) is 5.11 Å². The fraction of sp³-hybridized carbons (Fsp3) is 0.667. The zero-order valence-corrected chi connectivity index (χ0v) is 5.44. The normalized spacial score (nSPS) is 8.75. The number of rotatable bonds is 2. The number of carbonyl (C=O) groups is 1. The third kappa shape index (κ3) is 2.70. The zero-order valence-electron chi connectivity index (χ0n) is 4.62. The van der Waals surface area contributed by atoms with Gasteiger partial charge in [0, 0.05) is 7.05 Å². The van der Waals surface area contributed by atoms with Gasteiger partial charge < -0.3 is 5.11 Å². The zero-order chi connectivity index (χ0) is 6.57. The Hall–Kier alpha value is -0.420. The largest absolute Gasteiger partial charge is 0.464 e. The Labute approximate surface area is 51.8 Å². The van der Waals surface area contributed by atoms with Gasteiger partial charge in [-0.25, -0.2) is 9.10 Å². The molecule has 0 aliphatic rings. The van der Waals surface area contributed by atoms with E-state index < -0.39 is 6.09 Å². The van der Waals surface area contributed by atoms with Crippen LogP contribution in [0.3, 0.4) is 0 Å². The topological polar surface area (TPSA) is 49.8 Å². The summed E-state index contributed by atoms with van der Waals surface area (Å²) in [4.78, 5) is 9.91. The monoisotopic (exact) mass is 137 g/mol. The summed E-state index contributed by atoms with van der Waals surface area (Å²) < 4.78 is 5.38. The summed E-state index contributed by atoms with van der Waals surface area (Å²) in [5.41, 5.74) is 0. The van der Waals surface area contributed by atoms with E-state index in [0.29, 0.717) is 0 Å². The molecule has 0 rings (SSSR count). The van der Waals surface area contributed by atoms with Crippen molar-refractivity contribution in [1.29, 1.82) is 0 Å². The van der Waals surface area contributed by atoms with E-state index in [2.05, 4.69) is 4.18 Å². The molecule has 0 atom stereocenters.